The summed E-state index contributed by atoms with van der Waals surface area (Å²) in [6, 6.07) is 0. The smallest absolute Gasteiger partial charge is 0.305 e. The van der Waals surface area contributed by atoms with E-state index in [1.165, 1.54) is 13.5 Å². The fourth-order valence-corrected chi connectivity index (χ4v) is 5.09. The van der Waals surface area contributed by atoms with Crippen LogP contribution in [-0.2, 0) is 18.4 Å². The third-order valence-electron chi connectivity index (χ3n) is 4.39. The summed E-state index contributed by atoms with van der Waals surface area (Å²) in [5, 5.41) is 0. The second-order valence-corrected chi connectivity index (χ2v) is 18.8. The highest BCUT2D eigenvalue weighted by Crippen LogP contribution is 2.20. The molecule has 0 aliphatic rings. The summed E-state index contributed by atoms with van der Waals surface area (Å²) in [7, 11) is -1.99. The molecule has 0 bridgehead atoms. The minimum absolute atomic E-state index is 0.0512. The Balaban J connectivity index is 4.83. The monoisotopic (exact) mass is 468 g/mol. The molecule has 4 nitrogen and oxygen atoms in total. The Morgan fingerprint density at radius 2 is 1.32 bits per heavy atom. The Morgan fingerprint density at radius 1 is 0.774 bits per heavy atom. The van der Waals surface area contributed by atoms with E-state index in [9.17, 15) is 4.79 Å². The lowest BCUT2D eigenvalue weighted by molar-refractivity contribution is -0.140. The molecule has 0 amide bonds. The van der Waals surface area contributed by atoms with Gasteiger partial charge in [0.1, 0.15) is 0 Å². The van der Waals surface area contributed by atoms with Crippen LogP contribution < -0.4 is 0 Å². The first-order valence-corrected chi connectivity index (χ1v) is 18.7. The van der Waals surface area contributed by atoms with E-state index >= 15 is 0 Å². The molecular weight excluding hydrogens is 420 g/mol. The van der Waals surface area contributed by atoms with Crippen molar-refractivity contribution in [2.24, 2.45) is 0 Å². The molecule has 0 N–H and O–H groups in total. The molecule has 180 valence electrons. The number of carbonyl (C=O) groups is 1. The summed E-state index contributed by atoms with van der Waals surface area (Å²) in [5.74, 6) is -0.106. The quantitative estimate of drug-likeness (QED) is 0.0733. The molecule has 31 heavy (non-hydrogen) atoms. The summed E-state index contributed by atoms with van der Waals surface area (Å²) in [5.41, 5.74) is 0. The van der Waals surface area contributed by atoms with E-state index in [0.717, 1.165) is 38.5 Å². The highest BCUT2D eigenvalue weighted by molar-refractivity contribution is 6.70. The number of ether oxygens (including phenoxy) is 1. The molecular formula is C25H48O4Si2. The first-order valence-electron chi connectivity index (χ1n) is 11.9. The van der Waals surface area contributed by atoms with Gasteiger partial charge in [-0.05, 0) is 65.0 Å². The van der Waals surface area contributed by atoms with E-state index < -0.39 is 16.6 Å². The first kappa shape index (κ1) is 30.0. The molecule has 0 spiro atoms. The summed E-state index contributed by atoms with van der Waals surface area (Å²) in [6.07, 6.45) is 21.0. The number of methoxy groups -OCH3 is 1. The van der Waals surface area contributed by atoms with Crippen LogP contribution >= 0.6 is 0 Å². The zero-order valence-corrected chi connectivity index (χ0v) is 23.4. The Labute approximate surface area is 194 Å². The maximum absolute atomic E-state index is 11.1. The standard InChI is InChI=1S/C25H48O4Si2/c1-9-10-11-17-20-23(28-30(3,4)5)24(29-31(6,7)8)21-18-15-13-12-14-16-19-22-25(26)27-2/h10-11,17-18,20-21,23-24H,9,12-16,19,22H2,1-8H3/b11-10-,20-17+,21-18+/t23-,24-/m0/s1. The second kappa shape index (κ2) is 16.6. The van der Waals surface area contributed by atoms with Crippen molar-refractivity contribution in [2.75, 3.05) is 7.11 Å². The lowest BCUT2D eigenvalue weighted by Crippen LogP contribution is -2.42. The highest BCUT2D eigenvalue weighted by Gasteiger charge is 2.29. The predicted octanol–water partition coefficient (Wildman–Crippen LogP) is 7.41. The number of hydrogen-bond acceptors (Lipinski definition) is 4. The van der Waals surface area contributed by atoms with Crippen LogP contribution in [0.5, 0.6) is 0 Å². The molecule has 0 aliphatic heterocycles. The predicted molar refractivity (Wildman–Crippen MR) is 138 cm³/mol. The average Bonchev–Trinajstić information content (AvgIpc) is 2.66. The van der Waals surface area contributed by atoms with Gasteiger partial charge in [0.2, 0.25) is 0 Å². The van der Waals surface area contributed by atoms with Crippen molar-refractivity contribution in [1.82, 2.24) is 0 Å². The summed E-state index contributed by atoms with van der Waals surface area (Å²) < 4.78 is 17.7. The SMILES string of the molecule is CC/C=C\C=C\[C@H](O[Si](C)(C)C)[C@H](/C=C/CCCCCCCC(=O)OC)O[Si](C)(C)C. The molecule has 0 heterocycles. The number of carbonyl (C=O) groups excluding carboxylic acids is 1. The minimum Gasteiger partial charge on any atom is -0.469 e. The molecule has 0 saturated heterocycles. The van der Waals surface area contributed by atoms with Crippen molar-refractivity contribution in [3.05, 3.63) is 36.5 Å². The lowest BCUT2D eigenvalue weighted by Gasteiger charge is -2.33. The molecule has 0 radical (unpaired) electrons. The number of unbranched alkanes of at least 4 members (excludes halogenated alkanes) is 5. The molecule has 0 aliphatic carbocycles. The van der Waals surface area contributed by atoms with Gasteiger partial charge in [0.25, 0.3) is 0 Å². The third-order valence-corrected chi connectivity index (χ3v) is 6.35. The molecule has 6 heteroatoms. The topological polar surface area (TPSA) is 44.8 Å². The fourth-order valence-electron chi connectivity index (χ4n) is 3.03. The zero-order chi connectivity index (χ0) is 23.8. The van der Waals surface area contributed by atoms with Crippen molar-refractivity contribution in [2.45, 2.75) is 110 Å². The molecule has 0 aromatic carbocycles. The van der Waals surface area contributed by atoms with E-state index in [1.54, 1.807) is 0 Å². The van der Waals surface area contributed by atoms with Gasteiger partial charge in [-0.25, -0.2) is 0 Å². The van der Waals surface area contributed by atoms with E-state index in [0.29, 0.717) is 6.42 Å². The van der Waals surface area contributed by atoms with Gasteiger partial charge in [0.05, 0.1) is 19.3 Å². The van der Waals surface area contributed by atoms with Crippen LogP contribution in [0.25, 0.3) is 0 Å². The average molecular weight is 469 g/mol. The maximum atomic E-state index is 11.1. The van der Waals surface area contributed by atoms with Crippen molar-refractivity contribution < 1.29 is 18.4 Å². The van der Waals surface area contributed by atoms with Gasteiger partial charge >= 0.3 is 5.97 Å². The molecule has 0 rings (SSSR count). The number of allylic oxidation sites excluding steroid dienone is 4. The van der Waals surface area contributed by atoms with Crippen LogP contribution in [0.4, 0.5) is 0 Å². The molecule has 0 aromatic heterocycles. The highest BCUT2D eigenvalue weighted by atomic mass is 28.4. The molecule has 0 aromatic rings. The number of esters is 1. The molecule has 0 saturated carbocycles. The molecule has 0 fully saturated rings. The normalized spacial score (nSPS) is 15.2. The summed E-state index contributed by atoms with van der Waals surface area (Å²) in [4.78, 5) is 11.1. The van der Waals surface area contributed by atoms with Crippen LogP contribution in [0.2, 0.25) is 39.3 Å². The van der Waals surface area contributed by atoms with Gasteiger partial charge in [-0.3, -0.25) is 4.79 Å². The van der Waals surface area contributed by atoms with E-state index in [1.807, 2.05) is 0 Å². The zero-order valence-electron chi connectivity index (χ0n) is 21.4. The third kappa shape index (κ3) is 19.5. The summed E-state index contributed by atoms with van der Waals surface area (Å²) in [6.45, 7) is 15.5. The van der Waals surface area contributed by atoms with Gasteiger partial charge in [-0.15, -0.1) is 0 Å². The minimum atomic E-state index is -1.72. The maximum Gasteiger partial charge on any atom is 0.305 e. The number of hydrogen-bond donors (Lipinski definition) is 0. The van der Waals surface area contributed by atoms with Gasteiger partial charge in [0, 0.05) is 6.42 Å². The van der Waals surface area contributed by atoms with Crippen LogP contribution in [0.1, 0.15) is 58.3 Å². The molecule has 2 atom stereocenters. The Kier molecular flexibility index (Phi) is 16.1. The van der Waals surface area contributed by atoms with Crippen LogP contribution in [0.15, 0.2) is 36.5 Å². The van der Waals surface area contributed by atoms with Crippen molar-refractivity contribution in [3.8, 4) is 0 Å². The lowest BCUT2D eigenvalue weighted by atomic mass is 10.1. The van der Waals surface area contributed by atoms with Gasteiger partial charge in [-0.2, -0.15) is 0 Å². The van der Waals surface area contributed by atoms with Gasteiger partial charge < -0.3 is 13.6 Å². The van der Waals surface area contributed by atoms with Crippen molar-refractivity contribution in [3.63, 3.8) is 0 Å². The molecule has 0 unspecified atom stereocenters. The van der Waals surface area contributed by atoms with Gasteiger partial charge in [0.15, 0.2) is 16.6 Å². The Bertz CT molecular complexity index is 557. The van der Waals surface area contributed by atoms with Crippen LogP contribution in [-0.4, -0.2) is 41.9 Å². The van der Waals surface area contributed by atoms with Crippen LogP contribution in [0, 0.1) is 0 Å². The fraction of sp³-hybridized carbons (Fsp3) is 0.720. The largest absolute Gasteiger partial charge is 0.469 e. The Hall–Kier alpha value is -0.956. The van der Waals surface area contributed by atoms with E-state index in [2.05, 4.69) is 87.4 Å². The van der Waals surface area contributed by atoms with Crippen LogP contribution in [0.3, 0.4) is 0 Å². The second-order valence-electron chi connectivity index (χ2n) is 9.92. The van der Waals surface area contributed by atoms with E-state index in [4.69, 9.17) is 8.85 Å². The first-order chi connectivity index (χ1) is 14.5. The van der Waals surface area contributed by atoms with Gasteiger partial charge in [-0.1, -0.05) is 62.6 Å². The number of rotatable bonds is 17. The van der Waals surface area contributed by atoms with E-state index in [-0.39, 0.29) is 18.2 Å². The van der Waals surface area contributed by atoms with Crippen molar-refractivity contribution in [1.29, 1.82) is 0 Å². The summed E-state index contributed by atoms with van der Waals surface area (Å²) >= 11 is 0. The Morgan fingerprint density at radius 3 is 1.87 bits per heavy atom. The van der Waals surface area contributed by atoms with Crippen molar-refractivity contribution >= 4 is 22.6 Å².